The molecule has 0 fully saturated rings. The lowest BCUT2D eigenvalue weighted by atomic mass is 10.4. The van der Waals surface area contributed by atoms with Crippen molar-refractivity contribution in [2.75, 3.05) is 0 Å². The first-order valence-electron chi connectivity index (χ1n) is 2.68. The molecule has 1 nitrogen and oxygen atoms in total. The van der Waals surface area contributed by atoms with Crippen LogP contribution in [0.4, 0.5) is 0 Å². The molecule has 0 amide bonds. The Labute approximate surface area is 44.4 Å². The molecule has 7 heavy (non-hydrogen) atoms. The summed E-state index contributed by atoms with van der Waals surface area (Å²) in [5.41, 5.74) is 0.959. The molecule has 0 unspecified atom stereocenters. The van der Waals surface area contributed by atoms with Crippen LogP contribution in [0.5, 0.6) is 0 Å². The maximum Gasteiger partial charge on any atom is 0.0639 e. The molecule has 1 aromatic rings. The Bertz CT molecular complexity index is 147. The molecule has 1 rings (SSSR count). The van der Waals surface area contributed by atoms with Crippen LogP contribution in [0.15, 0.2) is 24.4 Å². The summed E-state index contributed by atoms with van der Waals surface area (Å²) in [7, 11) is 0. The number of hydrogen-bond donors (Lipinski definition) is 0. The second-order valence-electron chi connectivity index (χ2n) is 1.40. The molecule has 0 radical (unpaired) electrons. The third-order valence-electron chi connectivity index (χ3n) is 0.763. The van der Waals surface area contributed by atoms with Gasteiger partial charge in [-0.15, -0.1) is 0 Å². The minimum atomic E-state index is 0.468. The minimum Gasteiger partial charge on any atom is -0.262 e. The van der Waals surface area contributed by atoms with E-state index in [2.05, 4.69) is 4.98 Å². The van der Waals surface area contributed by atoms with E-state index in [4.69, 9.17) is 1.37 Å². The molecule has 1 heterocycles. The van der Waals surface area contributed by atoms with Gasteiger partial charge in [-0.3, -0.25) is 4.98 Å². The van der Waals surface area contributed by atoms with Gasteiger partial charge in [-0.25, -0.2) is 0 Å². The molecule has 0 aliphatic heterocycles. The molecule has 0 N–H and O–H groups in total. The largest absolute Gasteiger partial charge is 0.262 e. The van der Waals surface area contributed by atoms with Crippen molar-refractivity contribution in [3.05, 3.63) is 30.1 Å². The number of hydrogen-bond acceptors (Lipinski definition) is 1. The van der Waals surface area contributed by atoms with Crippen LogP contribution in [0, 0.1) is 6.92 Å². The fourth-order valence-corrected chi connectivity index (χ4v) is 0.394. The Balaban J connectivity index is 3.03. The van der Waals surface area contributed by atoms with Crippen LogP contribution in [0.25, 0.3) is 0 Å². The first kappa shape index (κ1) is 3.19. The first-order valence-corrected chi connectivity index (χ1v) is 2.18. The predicted octanol–water partition coefficient (Wildman–Crippen LogP) is 1.39. The highest BCUT2D eigenvalue weighted by Gasteiger charge is 1.73. The molecular formula is C6H7N. The quantitative estimate of drug-likeness (QED) is 0.474. The number of rotatable bonds is 0. The summed E-state index contributed by atoms with van der Waals surface area (Å²) in [5.74, 6) is 0. The maximum atomic E-state index is 7.03. The van der Waals surface area contributed by atoms with Gasteiger partial charge in [0.05, 0.1) is 1.37 Å². The zero-order valence-electron chi connectivity index (χ0n) is 5.18. The molecule has 1 aromatic heterocycles. The lowest BCUT2D eigenvalue weighted by Gasteiger charge is -1.82. The Hall–Kier alpha value is -0.850. The van der Waals surface area contributed by atoms with Crippen LogP contribution in [-0.4, -0.2) is 4.98 Å². The van der Waals surface area contributed by atoms with Crippen molar-refractivity contribution in [3.63, 3.8) is 0 Å². The van der Waals surface area contributed by atoms with Crippen molar-refractivity contribution < 1.29 is 1.37 Å². The Kier molecular flexibility index (Phi) is 0.791. The molecule has 0 aromatic carbocycles. The Morgan fingerprint density at radius 1 is 1.86 bits per heavy atom. The molecule has 0 aliphatic carbocycles. The molecule has 36 valence electrons. The highest BCUT2D eigenvalue weighted by Crippen LogP contribution is 1.85. The molecule has 0 saturated heterocycles. The number of pyridine rings is 1. The Morgan fingerprint density at radius 2 is 2.71 bits per heavy atom. The first-order chi connectivity index (χ1) is 3.79. The standard InChI is InChI=1S/C6H7N/c1-6-4-2-3-5-7-6/h2-5H,1H3/i3T. The third kappa shape index (κ3) is 1.000. The normalized spacial score (nSPS) is 10.7. The lowest BCUT2D eigenvalue weighted by molar-refractivity contribution is 1.20. The van der Waals surface area contributed by atoms with Gasteiger partial charge in [0.25, 0.3) is 0 Å². The highest BCUT2D eigenvalue weighted by molar-refractivity contribution is 4.99. The van der Waals surface area contributed by atoms with Crippen molar-refractivity contribution in [3.8, 4) is 0 Å². The summed E-state index contributed by atoms with van der Waals surface area (Å²) >= 11 is 0. The van der Waals surface area contributed by atoms with Gasteiger partial charge < -0.3 is 0 Å². The van der Waals surface area contributed by atoms with Gasteiger partial charge >= 0.3 is 0 Å². The van der Waals surface area contributed by atoms with Gasteiger partial charge in [0.15, 0.2) is 0 Å². The van der Waals surface area contributed by atoms with Gasteiger partial charge in [0.1, 0.15) is 0 Å². The van der Waals surface area contributed by atoms with Crippen LogP contribution < -0.4 is 0 Å². The van der Waals surface area contributed by atoms with E-state index in [1.54, 1.807) is 6.07 Å². The maximum absolute atomic E-state index is 7.03. The van der Waals surface area contributed by atoms with Gasteiger partial charge in [-0.2, -0.15) is 0 Å². The lowest BCUT2D eigenvalue weighted by Crippen LogP contribution is -1.72. The van der Waals surface area contributed by atoms with Crippen molar-refractivity contribution in [1.82, 2.24) is 4.98 Å². The van der Waals surface area contributed by atoms with E-state index in [0.29, 0.717) is 6.04 Å². The molecule has 0 saturated carbocycles. The number of aryl methyl sites for hydroxylation is 1. The summed E-state index contributed by atoms with van der Waals surface area (Å²) in [6.45, 7) is 1.90. The zero-order valence-corrected chi connectivity index (χ0v) is 4.18. The van der Waals surface area contributed by atoms with E-state index >= 15 is 0 Å². The third-order valence-corrected chi connectivity index (χ3v) is 0.763. The topological polar surface area (TPSA) is 12.9 Å². The molecule has 1 heteroatoms. The molecule has 0 spiro atoms. The summed E-state index contributed by atoms with van der Waals surface area (Å²) < 4.78 is 7.03. The summed E-state index contributed by atoms with van der Waals surface area (Å²) in [6.07, 6.45) is 1.54. The molecule has 0 aliphatic rings. The SMILES string of the molecule is [3H]c1ccc(C)nc1. The molecular weight excluding hydrogens is 86.1 g/mol. The number of nitrogens with zero attached hydrogens (tertiary/aromatic N) is 1. The van der Waals surface area contributed by atoms with E-state index in [9.17, 15) is 0 Å². The van der Waals surface area contributed by atoms with Crippen LogP contribution in [0.3, 0.4) is 0 Å². The monoisotopic (exact) mass is 95.1 g/mol. The van der Waals surface area contributed by atoms with Crippen molar-refractivity contribution in [1.29, 1.82) is 0 Å². The predicted molar refractivity (Wildman–Crippen MR) is 29.0 cm³/mol. The fourth-order valence-electron chi connectivity index (χ4n) is 0.394. The van der Waals surface area contributed by atoms with Crippen LogP contribution in [0.1, 0.15) is 7.06 Å². The fraction of sp³-hybridized carbons (Fsp3) is 0.167. The second kappa shape index (κ2) is 1.73. The van der Waals surface area contributed by atoms with Crippen LogP contribution in [0.2, 0.25) is 0 Å². The van der Waals surface area contributed by atoms with Gasteiger partial charge in [0.2, 0.25) is 0 Å². The van der Waals surface area contributed by atoms with E-state index in [1.807, 2.05) is 13.0 Å². The summed E-state index contributed by atoms with van der Waals surface area (Å²) in [5, 5.41) is 0. The summed E-state index contributed by atoms with van der Waals surface area (Å²) in [6, 6.07) is 4.01. The van der Waals surface area contributed by atoms with Crippen molar-refractivity contribution in [2.45, 2.75) is 6.92 Å². The second-order valence-corrected chi connectivity index (χ2v) is 1.40. The molecule has 0 atom stereocenters. The van der Waals surface area contributed by atoms with Gasteiger partial charge in [0, 0.05) is 11.9 Å². The minimum absolute atomic E-state index is 0.468. The van der Waals surface area contributed by atoms with Crippen molar-refractivity contribution in [2.24, 2.45) is 0 Å². The van der Waals surface area contributed by atoms with E-state index in [1.165, 1.54) is 6.20 Å². The van der Waals surface area contributed by atoms with E-state index in [0.717, 1.165) is 5.69 Å². The van der Waals surface area contributed by atoms with Gasteiger partial charge in [-0.05, 0) is 19.0 Å². The van der Waals surface area contributed by atoms with Crippen LogP contribution >= 0.6 is 0 Å². The highest BCUT2D eigenvalue weighted by atomic mass is 14.6. The molecule has 0 bridgehead atoms. The smallest absolute Gasteiger partial charge is 0.0639 e. The van der Waals surface area contributed by atoms with Crippen LogP contribution in [-0.2, 0) is 0 Å². The zero-order chi connectivity index (χ0) is 5.98. The van der Waals surface area contributed by atoms with E-state index < -0.39 is 0 Å². The van der Waals surface area contributed by atoms with E-state index in [-0.39, 0.29) is 0 Å². The Morgan fingerprint density at radius 3 is 3.14 bits per heavy atom. The average Bonchev–Trinajstić information content (AvgIpc) is 1.77. The van der Waals surface area contributed by atoms with Crippen molar-refractivity contribution >= 4 is 0 Å². The summed E-state index contributed by atoms with van der Waals surface area (Å²) in [4.78, 5) is 3.89. The average molecular weight is 95.1 g/mol. The van der Waals surface area contributed by atoms with Gasteiger partial charge in [-0.1, -0.05) is 6.07 Å². The number of aromatic nitrogens is 1.